The molecule has 0 radical (unpaired) electrons. The number of hydrogen-bond donors (Lipinski definition) is 2. The van der Waals surface area contributed by atoms with Gasteiger partial charge >= 0.3 is 0 Å². The maximum absolute atomic E-state index is 12.5. The van der Waals surface area contributed by atoms with Crippen LogP contribution in [0.15, 0.2) is 36.9 Å². The van der Waals surface area contributed by atoms with Gasteiger partial charge in [0.05, 0.1) is 59.5 Å². The van der Waals surface area contributed by atoms with E-state index in [1.165, 1.54) is 6.20 Å². The van der Waals surface area contributed by atoms with Crippen LogP contribution in [0.4, 0.5) is 11.4 Å². The van der Waals surface area contributed by atoms with Crippen molar-refractivity contribution in [3.05, 3.63) is 53.7 Å². The van der Waals surface area contributed by atoms with Crippen molar-refractivity contribution in [3.63, 3.8) is 0 Å². The minimum Gasteiger partial charge on any atom is -0.396 e. The number of nitrogens with zero attached hydrogens (tertiary/aromatic N) is 4. The molecule has 1 amide bonds. The van der Waals surface area contributed by atoms with Gasteiger partial charge in [-0.25, -0.2) is 0 Å². The van der Waals surface area contributed by atoms with Crippen molar-refractivity contribution in [2.75, 3.05) is 17.7 Å². The maximum atomic E-state index is 12.5. The number of hydrogen-bond acceptors (Lipinski definition) is 7. The molecule has 3 N–H and O–H groups in total. The van der Waals surface area contributed by atoms with E-state index in [9.17, 15) is 10.1 Å². The van der Waals surface area contributed by atoms with Gasteiger partial charge in [-0.05, 0) is 37.5 Å². The number of rotatable bonds is 4. The fraction of sp³-hybridized carbons (Fsp3) is 0.318. The van der Waals surface area contributed by atoms with Crippen molar-refractivity contribution in [1.29, 1.82) is 5.26 Å². The predicted molar refractivity (Wildman–Crippen MR) is 113 cm³/mol. The third-order valence-electron chi connectivity index (χ3n) is 5.38. The highest BCUT2D eigenvalue weighted by atomic mass is 16.5. The van der Waals surface area contributed by atoms with Gasteiger partial charge in [-0.1, -0.05) is 0 Å². The zero-order valence-electron chi connectivity index (χ0n) is 16.6. The second-order valence-electron chi connectivity index (χ2n) is 7.46. The lowest BCUT2D eigenvalue weighted by Crippen LogP contribution is -2.23. The molecule has 0 spiro atoms. The summed E-state index contributed by atoms with van der Waals surface area (Å²) < 4.78 is 5.84. The zero-order valence-corrected chi connectivity index (χ0v) is 16.6. The molecule has 0 bridgehead atoms. The first-order chi connectivity index (χ1) is 14.6. The van der Waals surface area contributed by atoms with Gasteiger partial charge in [0.2, 0.25) is 5.91 Å². The van der Waals surface area contributed by atoms with Crippen molar-refractivity contribution >= 4 is 28.2 Å². The lowest BCUT2D eigenvalue weighted by Gasteiger charge is -2.29. The van der Waals surface area contributed by atoms with Gasteiger partial charge in [-0.2, -0.15) is 5.26 Å². The van der Waals surface area contributed by atoms with Gasteiger partial charge in [0, 0.05) is 29.9 Å². The molecule has 8 nitrogen and oxygen atoms in total. The molecule has 1 aliphatic heterocycles. The average molecular weight is 402 g/mol. The summed E-state index contributed by atoms with van der Waals surface area (Å²) in [7, 11) is 0. The van der Waals surface area contributed by atoms with Crippen LogP contribution < -0.4 is 11.1 Å². The number of carbonyl (C=O) groups excluding carboxylic acids is 1. The minimum atomic E-state index is -0.267. The summed E-state index contributed by atoms with van der Waals surface area (Å²) in [6, 6.07) is 5.83. The molecule has 1 saturated heterocycles. The van der Waals surface area contributed by atoms with Crippen LogP contribution >= 0.6 is 0 Å². The molecule has 3 heterocycles. The molecule has 0 saturated carbocycles. The van der Waals surface area contributed by atoms with E-state index in [-0.39, 0.29) is 24.3 Å². The molecule has 2 aromatic heterocycles. The lowest BCUT2D eigenvalue weighted by atomic mass is 9.85. The van der Waals surface area contributed by atoms with E-state index in [1.54, 1.807) is 30.7 Å². The topological polar surface area (TPSA) is 127 Å². The number of anilines is 2. The average Bonchev–Trinajstić information content (AvgIpc) is 2.76. The number of nitrogens with one attached hydrogen (secondary N) is 1. The first-order valence-electron chi connectivity index (χ1n) is 9.84. The van der Waals surface area contributed by atoms with Gasteiger partial charge in [0.15, 0.2) is 0 Å². The van der Waals surface area contributed by atoms with E-state index in [0.29, 0.717) is 40.1 Å². The molecule has 1 unspecified atom stereocenters. The number of fused-ring (bicyclic) bond motifs is 1. The second kappa shape index (κ2) is 8.43. The molecule has 1 aliphatic rings. The summed E-state index contributed by atoms with van der Waals surface area (Å²) in [6.45, 7) is 2.57. The molecule has 0 aliphatic carbocycles. The van der Waals surface area contributed by atoms with Crippen LogP contribution in [0.5, 0.6) is 0 Å². The number of pyridine rings is 1. The number of nitrogens with two attached hydrogens (primary N) is 1. The molecule has 4 rings (SSSR count). The Balaban J connectivity index is 1.71. The molecule has 30 heavy (non-hydrogen) atoms. The maximum Gasteiger partial charge on any atom is 0.230 e. The highest BCUT2D eigenvalue weighted by Crippen LogP contribution is 2.39. The van der Waals surface area contributed by atoms with Crippen molar-refractivity contribution in [2.45, 2.75) is 38.2 Å². The highest BCUT2D eigenvalue weighted by molar-refractivity contribution is 6.04. The van der Waals surface area contributed by atoms with E-state index in [2.05, 4.69) is 26.3 Å². The third kappa shape index (κ3) is 3.93. The molecule has 152 valence electrons. The number of nitrogen functional groups attached to an aromatic ring is 1. The molecule has 1 aromatic carbocycles. The fourth-order valence-electron chi connectivity index (χ4n) is 3.85. The normalized spacial score (nSPS) is 18.7. The lowest BCUT2D eigenvalue weighted by molar-refractivity contribution is -0.115. The van der Waals surface area contributed by atoms with E-state index >= 15 is 0 Å². The minimum absolute atomic E-state index is 0.0502. The van der Waals surface area contributed by atoms with Gasteiger partial charge in [-0.15, -0.1) is 0 Å². The Kier molecular flexibility index (Phi) is 5.55. The fourth-order valence-corrected chi connectivity index (χ4v) is 3.85. The molecule has 8 heteroatoms. The smallest absolute Gasteiger partial charge is 0.230 e. The van der Waals surface area contributed by atoms with Crippen LogP contribution in [0.3, 0.4) is 0 Å². The van der Waals surface area contributed by atoms with Crippen LogP contribution in [0.1, 0.15) is 42.5 Å². The van der Waals surface area contributed by atoms with Crippen molar-refractivity contribution in [2.24, 2.45) is 0 Å². The number of ether oxygens (including phenoxy) is 1. The quantitative estimate of drug-likeness (QED) is 0.687. The van der Waals surface area contributed by atoms with Crippen LogP contribution in [0, 0.1) is 11.3 Å². The summed E-state index contributed by atoms with van der Waals surface area (Å²) in [5, 5.41) is 13.2. The van der Waals surface area contributed by atoms with E-state index in [0.717, 1.165) is 18.4 Å². The number of carbonyl (C=O) groups is 1. The van der Waals surface area contributed by atoms with E-state index in [4.69, 9.17) is 10.5 Å². The molecule has 2 atom stereocenters. The zero-order chi connectivity index (χ0) is 21.1. The Hall–Kier alpha value is -3.57. The molecule has 1 fully saturated rings. The highest BCUT2D eigenvalue weighted by Gasteiger charge is 2.26. The summed E-state index contributed by atoms with van der Waals surface area (Å²) in [6.07, 6.45) is 8.27. The van der Waals surface area contributed by atoms with Gasteiger partial charge in [-0.3, -0.25) is 19.7 Å². The number of benzene rings is 1. The first-order valence-corrected chi connectivity index (χ1v) is 9.84. The largest absolute Gasteiger partial charge is 0.396 e. The summed E-state index contributed by atoms with van der Waals surface area (Å²) in [4.78, 5) is 25.0. The van der Waals surface area contributed by atoms with Crippen LogP contribution in [0.25, 0.3) is 10.9 Å². The predicted octanol–water partition coefficient (Wildman–Crippen LogP) is 2.94. The van der Waals surface area contributed by atoms with Crippen LogP contribution in [-0.2, 0) is 16.0 Å². The number of nitriles is 1. The molecular weight excluding hydrogens is 380 g/mol. The van der Waals surface area contributed by atoms with Crippen LogP contribution in [-0.4, -0.2) is 33.6 Å². The Labute approximate surface area is 174 Å². The Morgan fingerprint density at radius 1 is 1.30 bits per heavy atom. The Bertz CT molecular complexity index is 1120. The van der Waals surface area contributed by atoms with E-state index < -0.39 is 0 Å². The standard InChI is InChI=1S/C22H22N6O2/c1-13-2-3-15(12-30-13)20-14(9-23)4-5-17-21(20)22(24)18(11-27-17)28-19(29)8-16-10-25-6-7-26-16/h4-7,10-11,13,15H,2-3,8,12H2,1H3,(H2,24,27)(H,28,29)/t13-,15?/m1/s1. The second-order valence-corrected chi connectivity index (χ2v) is 7.46. The summed E-state index contributed by atoms with van der Waals surface area (Å²) in [5.41, 5.74) is 9.95. The van der Waals surface area contributed by atoms with E-state index in [1.807, 2.05) is 6.92 Å². The summed E-state index contributed by atoms with van der Waals surface area (Å²) >= 11 is 0. The Morgan fingerprint density at radius 2 is 2.17 bits per heavy atom. The monoisotopic (exact) mass is 402 g/mol. The van der Waals surface area contributed by atoms with Crippen molar-refractivity contribution < 1.29 is 9.53 Å². The Morgan fingerprint density at radius 3 is 2.87 bits per heavy atom. The van der Waals surface area contributed by atoms with Crippen LogP contribution in [0.2, 0.25) is 0 Å². The SMILES string of the molecule is C[C@@H]1CCC(c2c(C#N)ccc3ncc(NC(=O)Cc4cnccn4)c(N)c23)CO1. The number of aromatic nitrogens is 3. The molecular formula is C22H22N6O2. The van der Waals surface area contributed by atoms with Gasteiger partial charge < -0.3 is 15.8 Å². The first kappa shape index (κ1) is 19.7. The molecule has 3 aromatic rings. The number of amides is 1. The van der Waals surface area contributed by atoms with Gasteiger partial charge in [0.25, 0.3) is 0 Å². The summed E-state index contributed by atoms with van der Waals surface area (Å²) in [5.74, 6) is -0.217. The van der Waals surface area contributed by atoms with Crippen molar-refractivity contribution in [1.82, 2.24) is 15.0 Å². The van der Waals surface area contributed by atoms with Gasteiger partial charge in [0.1, 0.15) is 0 Å². The van der Waals surface area contributed by atoms with Crippen molar-refractivity contribution in [3.8, 4) is 6.07 Å². The third-order valence-corrected chi connectivity index (χ3v) is 5.38.